The first-order valence-electron chi connectivity index (χ1n) is 7.41. The van der Waals surface area contributed by atoms with Gasteiger partial charge in [0.05, 0.1) is 11.1 Å². The molecular weight excluding hydrogens is 248 g/mol. The van der Waals surface area contributed by atoms with Crippen LogP contribution in [0.3, 0.4) is 0 Å². The number of anilines is 1. The number of benzene rings is 1. The van der Waals surface area contributed by atoms with Crippen molar-refractivity contribution in [3.63, 3.8) is 0 Å². The second kappa shape index (κ2) is 5.61. The number of aldehydes is 1. The maximum Gasteiger partial charge on any atom is 0.153 e. The van der Waals surface area contributed by atoms with E-state index in [2.05, 4.69) is 11.8 Å². The van der Waals surface area contributed by atoms with E-state index in [0.29, 0.717) is 11.6 Å². The van der Waals surface area contributed by atoms with Crippen LogP contribution in [0.4, 0.5) is 5.82 Å². The van der Waals surface area contributed by atoms with Crippen LogP contribution in [0.5, 0.6) is 0 Å². The van der Waals surface area contributed by atoms with Crippen molar-refractivity contribution in [2.45, 2.75) is 38.6 Å². The molecule has 3 rings (SSSR count). The van der Waals surface area contributed by atoms with Crippen LogP contribution in [-0.4, -0.2) is 23.9 Å². The second-order valence-electron chi connectivity index (χ2n) is 5.60. The van der Waals surface area contributed by atoms with Crippen molar-refractivity contribution >= 4 is 23.0 Å². The van der Waals surface area contributed by atoms with Crippen LogP contribution in [0.25, 0.3) is 10.9 Å². The predicted octanol–water partition coefficient (Wildman–Crippen LogP) is 3.82. The molecule has 1 aliphatic heterocycles. The van der Waals surface area contributed by atoms with E-state index < -0.39 is 0 Å². The van der Waals surface area contributed by atoms with Crippen molar-refractivity contribution in [2.75, 3.05) is 11.4 Å². The van der Waals surface area contributed by atoms with Gasteiger partial charge in [-0.3, -0.25) is 4.79 Å². The smallest absolute Gasteiger partial charge is 0.153 e. The first-order valence-corrected chi connectivity index (χ1v) is 7.41. The standard InChI is InChI=1S/C17H20N2O/c1-13-7-3-2-6-10-19(13)17-15(12-20)11-14-8-4-5-9-16(14)18-17/h4-5,8-9,11-13H,2-3,6-7,10H2,1H3. The Hall–Kier alpha value is -1.90. The zero-order valence-electron chi connectivity index (χ0n) is 11.9. The molecule has 0 N–H and O–H groups in total. The van der Waals surface area contributed by atoms with Gasteiger partial charge in [0, 0.05) is 18.0 Å². The van der Waals surface area contributed by atoms with Crippen LogP contribution >= 0.6 is 0 Å². The fourth-order valence-electron chi connectivity index (χ4n) is 3.03. The molecule has 2 heterocycles. The molecule has 1 aromatic heterocycles. The molecule has 3 nitrogen and oxygen atoms in total. The number of carbonyl (C=O) groups excluding carboxylic acids is 1. The lowest BCUT2D eigenvalue weighted by Gasteiger charge is -2.29. The van der Waals surface area contributed by atoms with Crippen molar-refractivity contribution in [3.05, 3.63) is 35.9 Å². The third-order valence-electron chi connectivity index (χ3n) is 4.18. The monoisotopic (exact) mass is 268 g/mol. The van der Waals surface area contributed by atoms with Gasteiger partial charge in [0.2, 0.25) is 0 Å². The highest BCUT2D eigenvalue weighted by Gasteiger charge is 2.21. The Morgan fingerprint density at radius 1 is 1.25 bits per heavy atom. The molecule has 0 saturated carbocycles. The van der Waals surface area contributed by atoms with E-state index in [1.807, 2.05) is 30.3 Å². The SMILES string of the molecule is CC1CCCCCN1c1nc2ccccc2cc1C=O. The maximum absolute atomic E-state index is 11.4. The van der Waals surface area contributed by atoms with Crippen LogP contribution in [0, 0.1) is 0 Å². The number of para-hydroxylation sites is 1. The molecule has 2 aromatic rings. The van der Waals surface area contributed by atoms with E-state index in [1.165, 1.54) is 25.7 Å². The number of fused-ring (bicyclic) bond motifs is 1. The Bertz CT molecular complexity index is 623. The Morgan fingerprint density at radius 3 is 2.95 bits per heavy atom. The molecule has 104 valence electrons. The summed E-state index contributed by atoms with van der Waals surface area (Å²) < 4.78 is 0. The predicted molar refractivity (Wildman–Crippen MR) is 82.4 cm³/mol. The summed E-state index contributed by atoms with van der Waals surface area (Å²) >= 11 is 0. The van der Waals surface area contributed by atoms with E-state index in [4.69, 9.17) is 4.98 Å². The van der Waals surface area contributed by atoms with Crippen molar-refractivity contribution in [1.29, 1.82) is 0 Å². The molecule has 1 atom stereocenters. The molecule has 0 spiro atoms. The van der Waals surface area contributed by atoms with Crippen molar-refractivity contribution in [2.24, 2.45) is 0 Å². The fraction of sp³-hybridized carbons (Fsp3) is 0.412. The zero-order chi connectivity index (χ0) is 13.9. The molecule has 0 aliphatic carbocycles. The number of pyridine rings is 1. The fourth-order valence-corrected chi connectivity index (χ4v) is 3.03. The maximum atomic E-state index is 11.4. The highest BCUT2D eigenvalue weighted by Crippen LogP contribution is 2.27. The van der Waals surface area contributed by atoms with Crippen LogP contribution in [0.15, 0.2) is 30.3 Å². The average molecular weight is 268 g/mol. The molecule has 1 aliphatic rings. The Labute approximate surface area is 119 Å². The van der Waals surface area contributed by atoms with Crippen molar-refractivity contribution in [1.82, 2.24) is 4.98 Å². The van der Waals surface area contributed by atoms with E-state index >= 15 is 0 Å². The lowest BCUT2D eigenvalue weighted by Crippen LogP contribution is -2.34. The third-order valence-corrected chi connectivity index (χ3v) is 4.18. The topological polar surface area (TPSA) is 33.2 Å². The van der Waals surface area contributed by atoms with Crippen molar-refractivity contribution < 1.29 is 4.79 Å². The molecule has 0 bridgehead atoms. The van der Waals surface area contributed by atoms with Gasteiger partial charge in [-0.2, -0.15) is 0 Å². The van der Waals surface area contributed by atoms with Gasteiger partial charge >= 0.3 is 0 Å². The first-order chi connectivity index (χ1) is 9.79. The summed E-state index contributed by atoms with van der Waals surface area (Å²) in [6.45, 7) is 3.23. The van der Waals surface area contributed by atoms with Crippen molar-refractivity contribution in [3.8, 4) is 0 Å². The molecule has 3 heteroatoms. The molecule has 20 heavy (non-hydrogen) atoms. The summed E-state index contributed by atoms with van der Waals surface area (Å²) in [7, 11) is 0. The Morgan fingerprint density at radius 2 is 2.10 bits per heavy atom. The molecule has 1 fully saturated rings. The Balaban J connectivity index is 2.10. The molecule has 1 unspecified atom stereocenters. The van der Waals surface area contributed by atoms with Gasteiger partial charge in [-0.05, 0) is 31.9 Å². The molecule has 1 aromatic carbocycles. The quantitative estimate of drug-likeness (QED) is 0.776. The molecule has 0 radical (unpaired) electrons. The van der Waals surface area contributed by atoms with Gasteiger partial charge in [-0.25, -0.2) is 4.98 Å². The lowest BCUT2D eigenvalue weighted by molar-refractivity contribution is 0.112. The van der Waals surface area contributed by atoms with Crippen LogP contribution in [0.2, 0.25) is 0 Å². The summed E-state index contributed by atoms with van der Waals surface area (Å²) in [5.41, 5.74) is 1.67. The Kier molecular flexibility index (Phi) is 3.68. The summed E-state index contributed by atoms with van der Waals surface area (Å²) in [4.78, 5) is 18.5. The first kappa shape index (κ1) is 13.1. The number of nitrogens with zero attached hydrogens (tertiary/aromatic N) is 2. The van der Waals surface area contributed by atoms with E-state index in [0.717, 1.165) is 29.6 Å². The van der Waals surface area contributed by atoms with Gasteiger partial charge in [0.1, 0.15) is 5.82 Å². The number of hydrogen-bond acceptors (Lipinski definition) is 3. The number of rotatable bonds is 2. The van der Waals surface area contributed by atoms with Gasteiger partial charge in [0.25, 0.3) is 0 Å². The largest absolute Gasteiger partial charge is 0.353 e. The summed E-state index contributed by atoms with van der Waals surface area (Å²) in [6.07, 6.45) is 5.82. The summed E-state index contributed by atoms with van der Waals surface area (Å²) in [5, 5.41) is 1.03. The number of hydrogen-bond donors (Lipinski definition) is 0. The number of carbonyl (C=O) groups is 1. The molecular formula is C17H20N2O. The third kappa shape index (κ3) is 2.40. The van der Waals surface area contributed by atoms with Gasteiger partial charge in [-0.1, -0.05) is 31.0 Å². The van der Waals surface area contributed by atoms with Gasteiger partial charge in [-0.15, -0.1) is 0 Å². The minimum Gasteiger partial charge on any atom is -0.353 e. The van der Waals surface area contributed by atoms with Gasteiger partial charge < -0.3 is 4.90 Å². The minimum absolute atomic E-state index is 0.449. The normalized spacial score (nSPS) is 19.9. The lowest BCUT2D eigenvalue weighted by atomic mass is 10.1. The van der Waals surface area contributed by atoms with Gasteiger partial charge in [0.15, 0.2) is 6.29 Å². The zero-order valence-corrected chi connectivity index (χ0v) is 11.9. The summed E-state index contributed by atoms with van der Waals surface area (Å²) in [6, 6.07) is 10.4. The summed E-state index contributed by atoms with van der Waals surface area (Å²) in [5.74, 6) is 0.855. The van der Waals surface area contributed by atoms with E-state index in [-0.39, 0.29) is 0 Å². The highest BCUT2D eigenvalue weighted by atomic mass is 16.1. The molecule has 0 amide bonds. The van der Waals surface area contributed by atoms with E-state index in [1.54, 1.807) is 0 Å². The second-order valence-corrected chi connectivity index (χ2v) is 5.60. The van der Waals surface area contributed by atoms with Crippen LogP contribution in [0.1, 0.15) is 43.0 Å². The number of aromatic nitrogens is 1. The van der Waals surface area contributed by atoms with Crippen LogP contribution < -0.4 is 4.90 Å². The van der Waals surface area contributed by atoms with E-state index in [9.17, 15) is 4.79 Å². The van der Waals surface area contributed by atoms with Crippen LogP contribution in [-0.2, 0) is 0 Å². The highest BCUT2D eigenvalue weighted by molar-refractivity contribution is 5.91. The minimum atomic E-state index is 0.449. The average Bonchev–Trinajstić information content (AvgIpc) is 2.70. The molecule has 1 saturated heterocycles.